The highest BCUT2D eigenvalue weighted by Crippen LogP contribution is 2.38. The van der Waals surface area contributed by atoms with Gasteiger partial charge in [-0.1, -0.05) is 0 Å². The summed E-state index contributed by atoms with van der Waals surface area (Å²) in [6, 6.07) is 1.36. The lowest BCUT2D eigenvalue weighted by Crippen LogP contribution is -2.17. The van der Waals surface area contributed by atoms with E-state index < -0.39 is 17.2 Å². The maximum atomic E-state index is 12.3. The number of hydrogen-bond donors (Lipinski definition) is 2. The second-order valence-electron chi connectivity index (χ2n) is 2.89. The normalized spacial score (nSPS) is 14.1. The topological polar surface area (TPSA) is 32.3 Å². The third-order valence-corrected chi connectivity index (χ3v) is 2.47. The Bertz CT molecular complexity index is 295. The van der Waals surface area contributed by atoms with E-state index in [1.165, 1.54) is 18.4 Å². The molecule has 2 nitrogen and oxygen atoms in total. The minimum Gasteiger partial charge on any atom is -0.392 e. The van der Waals surface area contributed by atoms with Crippen LogP contribution in [0.25, 0.3) is 0 Å². The van der Waals surface area contributed by atoms with E-state index in [0.29, 0.717) is 11.3 Å². The van der Waals surface area contributed by atoms with Crippen LogP contribution >= 0.6 is 11.3 Å². The Morgan fingerprint density at radius 3 is 2.71 bits per heavy atom. The van der Waals surface area contributed by atoms with Crippen LogP contribution in [0, 0.1) is 0 Å². The number of aliphatic hydroxyl groups excluding tert-OH is 1. The first-order chi connectivity index (χ1) is 6.41. The second kappa shape index (κ2) is 4.18. The smallest absolute Gasteiger partial charge is 0.392 e. The predicted molar refractivity (Wildman–Crippen MR) is 49.5 cm³/mol. The molecule has 2 N–H and O–H groups in total. The van der Waals surface area contributed by atoms with Crippen molar-refractivity contribution in [3.05, 3.63) is 16.3 Å². The van der Waals surface area contributed by atoms with Gasteiger partial charge in [0.2, 0.25) is 0 Å². The summed E-state index contributed by atoms with van der Waals surface area (Å²) in [6.07, 6.45) is -4.99. The molecule has 0 aromatic carbocycles. The van der Waals surface area contributed by atoms with Gasteiger partial charge in [-0.15, -0.1) is 11.3 Å². The van der Waals surface area contributed by atoms with Crippen LogP contribution in [-0.4, -0.2) is 17.8 Å². The van der Waals surface area contributed by atoms with Crippen LogP contribution in [0.3, 0.4) is 0 Å². The summed E-state index contributed by atoms with van der Waals surface area (Å²) < 4.78 is 36.9. The monoisotopic (exact) mass is 225 g/mol. The van der Waals surface area contributed by atoms with Gasteiger partial charge in [-0.2, -0.15) is 13.2 Å². The van der Waals surface area contributed by atoms with Gasteiger partial charge in [0, 0.05) is 6.54 Å². The highest BCUT2D eigenvalue weighted by Gasteiger charge is 2.34. The second-order valence-corrected chi connectivity index (χ2v) is 3.81. The molecule has 0 amide bonds. The first-order valence-corrected chi connectivity index (χ1v) is 4.86. The molecule has 0 spiro atoms. The fourth-order valence-electron chi connectivity index (χ4n) is 0.926. The molecule has 6 heteroatoms. The third kappa shape index (κ3) is 2.88. The Hall–Kier alpha value is -0.750. The molecule has 0 radical (unpaired) electrons. The molecule has 80 valence electrons. The van der Waals surface area contributed by atoms with Crippen molar-refractivity contribution < 1.29 is 18.3 Å². The van der Waals surface area contributed by atoms with E-state index in [0.717, 1.165) is 0 Å². The van der Waals surface area contributed by atoms with E-state index in [1.54, 1.807) is 0 Å². The van der Waals surface area contributed by atoms with Crippen LogP contribution in [0.15, 0.2) is 11.4 Å². The van der Waals surface area contributed by atoms with Gasteiger partial charge in [0.15, 0.2) is 0 Å². The number of thiophene rings is 1. The maximum absolute atomic E-state index is 12.3. The summed E-state index contributed by atoms with van der Waals surface area (Å²) in [5, 5.41) is 12.8. The molecular formula is C8H10F3NOS. The quantitative estimate of drug-likeness (QED) is 0.828. The van der Waals surface area contributed by atoms with Gasteiger partial charge in [-0.25, -0.2) is 0 Å². The number of hydrogen-bond acceptors (Lipinski definition) is 3. The van der Waals surface area contributed by atoms with Crippen LogP contribution in [0.4, 0.5) is 18.9 Å². The van der Waals surface area contributed by atoms with Gasteiger partial charge in [0.05, 0.1) is 11.8 Å². The van der Waals surface area contributed by atoms with Crippen LogP contribution in [0.2, 0.25) is 0 Å². The molecule has 0 aliphatic carbocycles. The van der Waals surface area contributed by atoms with Crippen molar-refractivity contribution in [3.63, 3.8) is 0 Å². The van der Waals surface area contributed by atoms with E-state index in [4.69, 9.17) is 5.11 Å². The minimum absolute atomic E-state index is 0.0309. The van der Waals surface area contributed by atoms with Gasteiger partial charge in [-0.05, 0) is 18.4 Å². The predicted octanol–water partition coefficient (Wildman–Crippen LogP) is 2.56. The molecule has 0 aliphatic rings. The van der Waals surface area contributed by atoms with Crippen LogP contribution < -0.4 is 5.32 Å². The van der Waals surface area contributed by atoms with Crippen molar-refractivity contribution in [1.82, 2.24) is 0 Å². The van der Waals surface area contributed by atoms with Crippen molar-refractivity contribution >= 4 is 17.0 Å². The molecule has 1 aromatic rings. The number of nitrogens with one attached hydrogen (secondary N) is 1. The highest BCUT2D eigenvalue weighted by molar-refractivity contribution is 7.10. The van der Waals surface area contributed by atoms with Gasteiger partial charge in [0.25, 0.3) is 0 Å². The summed E-state index contributed by atoms with van der Waals surface area (Å²) in [6.45, 7) is 1.62. The summed E-state index contributed by atoms with van der Waals surface area (Å²) in [5.74, 6) is 0. The van der Waals surface area contributed by atoms with E-state index in [-0.39, 0.29) is 12.2 Å². The Balaban J connectivity index is 2.73. The van der Waals surface area contributed by atoms with Crippen LogP contribution in [-0.2, 0) is 6.18 Å². The van der Waals surface area contributed by atoms with E-state index in [9.17, 15) is 13.2 Å². The van der Waals surface area contributed by atoms with Gasteiger partial charge >= 0.3 is 6.18 Å². The van der Waals surface area contributed by atoms with E-state index in [1.807, 2.05) is 0 Å². The zero-order chi connectivity index (χ0) is 10.8. The van der Waals surface area contributed by atoms with Crippen LogP contribution in [0.1, 0.15) is 11.8 Å². The Labute approximate surface area is 83.4 Å². The molecule has 1 heterocycles. The van der Waals surface area contributed by atoms with Gasteiger partial charge < -0.3 is 10.4 Å². The van der Waals surface area contributed by atoms with E-state index >= 15 is 0 Å². The summed E-state index contributed by atoms with van der Waals surface area (Å²) in [7, 11) is 0. The average molecular weight is 225 g/mol. The molecular weight excluding hydrogens is 215 g/mol. The molecule has 0 aliphatic heterocycles. The van der Waals surface area contributed by atoms with Gasteiger partial charge in [0.1, 0.15) is 4.88 Å². The van der Waals surface area contributed by atoms with Crippen molar-refractivity contribution in [2.45, 2.75) is 19.2 Å². The lowest BCUT2D eigenvalue weighted by atomic mass is 10.3. The Morgan fingerprint density at radius 2 is 2.21 bits per heavy atom. The van der Waals surface area contributed by atoms with E-state index in [2.05, 4.69) is 5.32 Å². The standard InChI is InChI=1S/C8H10F3NOS/c1-5(13)4-12-6-2-3-14-7(6)8(9,10)11/h2-3,5,12-13H,4H2,1H3/t5-/m0/s1. The molecule has 0 saturated carbocycles. The molecule has 0 bridgehead atoms. The van der Waals surface area contributed by atoms with Crippen molar-refractivity contribution in [2.24, 2.45) is 0 Å². The number of anilines is 1. The zero-order valence-electron chi connectivity index (χ0n) is 7.43. The third-order valence-electron chi connectivity index (χ3n) is 1.51. The van der Waals surface area contributed by atoms with Crippen molar-refractivity contribution in [2.75, 3.05) is 11.9 Å². The zero-order valence-corrected chi connectivity index (χ0v) is 8.25. The number of halogens is 3. The lowest BCUT2D eigenvalue weighted by molar-refractivity contribution is -0.133. The first kappa shape index (κ1) is 11.3. The summed E-state index contributed by atoms with van der Waals surface area (Å²) >= 11 is 0.639. The minimum atomic E-state index is -4.32. The number of alkyl halides is 3. The Morgan fingerprint density at radius 1 is 1.57 bits per heavy atom. The van der Waals surface area contributed by atoms with Crippen molar-refractivity contribution in [3.8, 4) is 0 Å². The fourth-order valence-corrected chi connectivity index (χ4v) is 1.67. The van der Waals surface area contributed by atoms with Crippen molar-refractivity contribution in [1.29, 1.82) is 0 Å². The average Bonchev–Trinajstić information content (AvgIpc) is 2.46. The van der Waals surface area contributed by atoms with Gasteiger partial charge in [-0.3, -0.25) is 0 Å². The number of rotatable bonds is 3. The molecule has 0 fully saturated rings. The first-order valence-electron chi connectivity index (χ1n) is 3.98. The molecule has 0 unspecified atom stereocenters. The fraction of sp³-hybridized carbons (Fsp3) is 0.500. The molecule has 1 atom stereocenters. The molecule has 1 rings (SSSR count). The number of aliphatic hydroxyl groups is 1. The largest absolute Gasteiger partial charge is 0.427 e. The molecule has 14 heavy (non-hydrogen) atoms. The summed E-state index contributed by atoms with van der Waals surface area (Å²) in [4.78, 5) is -0.654. The molecule has 0 saturated heterocycles. The summed E-state index contributed by atoms with van der Waals surface area (Å²) in [5.41, 5.74) is 0.0309. The highest BCUT2D eigenvalue weighted by atomic mass is 32.1. The van der Waals surface area contributed by atoms with Crippen LogP contribution in [0.5, 0.6) is 0 Å². The maximum Gasteiger partial charge on any atom is 0.427 e. The Kier molecular flexibility index (Phi) is 3.38. The SMILES string of the molecule is C[C@H](O)CNc1ccsc1C(F)(F)F. The lowest BCUT2D eigenvalue weighted by Gasteiger charge is -2.10. The molecule has 1 aromatic heterocycles.